The number of nitrogens with one attached hydrogen (secondary N) is 1. The molecule has 0 spiro atoms. The standard InChI is InChI=1S/C18H13Cl2N3O/c19-13-5-7-14(8-6-13)22-10-9-18-17(11-21)23(12-24-18)16-4-2-1-3-15(16)20/h1-10,22H,12H2/b10-9+. The molecule has 3 rings (SSSR count). The zero-order chi connectivity index (χ0) is 16.9. The summed E-state index contributed by atoms with van der Waals surface area (Å²) < 4.78 is 5.61. The van der Waals surface area contributed by atoms with Crippen LogP contribution in [0.5, 0.6) is 0 Å². The fourth-order valence-electron chi connectivity index (χ4n) is 2.26. The van der Waals surface area contributed by atoms with Gasteiger partial charge in [-0.15, -0.1) is 0 Å². The molecule has 1 aliphatic rings. The number of ether oxygens (including phenoxy) is 1. The maximum absolute atomic E-state index is 9.46. The minimum absolute atomic E-state index is 0.243. The predicted molar refractivity (Wildman–Crippen MR) is 96.7 cm³/mol. The number of para-hydroxylation sites is 1. The molecule has 0 amide bonds. The van der Waals surface area contributed by atoms with E-state index in [0.29, 0.717) is 21.5 Å². The first-order chi connectivity index (χ1) is 11.7. The molecule has 0 fully saturated rings. The Bertz CT molecular complexity index is 838. The third-order valence-electron chi connectivity index (χ3n) is 3.43. The van der Waals surface area contributed by atoms with Gasteiger partial charge < -0.3 is 10.1 Å². The van der Waals surface area contributed by atoms with E-state index in [1.165, 1.54) is 0 Å². The van der Waals surface area contributed by atoms with Crippen molar-refractivity contribution in [3.63, 3.8) is 0 Å². The average molecular weight is 358 g/mol. The van der Waals surface area contributed by atoms with Crippen molar-refractivity contribution >= 4 is 34.6 Å². The van der Waals surface area contributed by atoms with Crippen LogP contribution >= 0.6 is 23.2 Å². The summed E-state index contributed by atoms with van der Waals surface area (Å²) in [6.07, 6.45) is 3.43. The SMILES string of the molecule is N#CC1=C(/C=C/Nc2ccc(Cl)cc2)OCN1c1ccccc1Cl. The van der Waals surface area contributed by atoms with E-state index in [0.717, 1.165) is 11.4 Å². The molecule has 0 unspecified atom stereocenters. The Balaban J connectivity index is 1.78. The lowest BCUT2D eigenvalue weighted by Gasteiger charge is -2.16. The molecule has 4 nitrogen and oxygen atoms in total. The first kappa shape index (κ1) is 16.3. The zero-order valence-electron chi connectivity index (χ0n) is 12.5. The van der Waals surface area contributed by atoms with E-state index in [2.05, 4.69) is 11.4 Å². The summed E-state index contributed by atoms with van der Waals surface area (Å²) in [4.78, 5) is 1.74. The van der Waals surface area contributed by atoms with Gasteiger partial charge in [0.25, 0.3) is 0 Å². The minimum Gasteiger partial charge on any atom is -0.470 e. The topological polar surface area (TPSA) is 48.3 Å². The lowest BCUT2D eigenvalue weighted by Crippen LogP contribution is -2.18. The lowest BCUT2D eigenvalue weighted by atomic mass is 10.2. The van der Waals surface area contributed by atoms with Gasteiger partial charge in [0.05, 0.1) is 10.7 Å². The second kappa shape index (κ2) is 7.31. The fraction of sp³-hybridized carbons (Fsp3) is 0.0556. The summed E-state index contributed by atoms with van der Waals surface area (Å²) >= 11 is 12.0. The quantitative estimate of drug-likeness (QED) is 0.821. The Labute approximate surface area is 150 Å². The Morgan fingerprint density at radius 2 is 1.88 bits per heavy atom. The van der Waals surface area contributed by atoms with Crippen LogP contribution in [0.1, 0.15) is 0 Å². The maximum atomic E-state index is 9.46. The van der Waals surface area contributed by atoms with E-state index >= 15 is 0 Å². The van der Waals surface area contributed by atoms with Gasteiger partial charge in [0, 0.05) is 16.9 Å². The van der Waals surface area contributed by atoms with Crippen molar-refractivity contribution in [2.45, 2.75) is 0 Å². The minimum atomic E-state index is 0.243. The first-order valence-electron chi connectivity index (χ1n) is 7.17. The van der Waals surface area contributed by atoms with Crippen LogP contribution in [-0.4, -0.2) is 6.73 Å². The summed E-state index contributed by atoms with van der Waals surface area (Å²) in [7, 11) is 0. The monoisotopic (exact) mass is 357 g/mol. The number of anilines is 2. The van der Waals surface area contributed by atoms with Crippen LogP contribution < -0.4 is 10.2 Å². The average Bonchev–Trinajstić information content (AvgIpc) is 3.00. The molecule has 2 aromatic carbocycles. The smallest absolute Gasteiger partial charge is 0.166 e. The molecule has 0 radical (unpaired) electrons. The van der Waals surface area contributed by atoms with E-state index in [4.69, 9.17) is 27.9 Å². The summed E-state index contributed by atoms with van der Waals surface area (Å²) in [5.74, 6) is 0.485. The van der Waals surface area contributed by atoms with Crippen LogP contribution in [0.4, 0.5) is 11.4 Å². The van der Waals surface area contributed by atoms with Crippen molar-refractivity contribution in [2.75, 3.05) is 16.9 Å². The molecular weight excluding hydrogens is 345 g/mol. The summed E-state index contributed by atoms with van der Waals surface area (Å²) in [6, 6.07) is 16.8. The molecule has 0 saturated heterocycles. The van der Waals surface area contributed by atoms with Gasteiger partial charge >= 0.3 is 0 Å². The number of hydrogen-bond donors (Lipinski definition) is 1. The van der Waals surface area contributed by atoms with Crippen molar-refractivity contribution in [3.8, 4) is 6.07 Å². The summed E-state index contributed by atoms with van der Waals surface area (Å²) in [6.45, 7) is 0.243. The van der Waals surface area contributed by atoms with E-state index in [-0.39, 0.29) is 6.73 Å². The molecule has 1 heterocycles. The lowest BCUT2D eigenvalue weighted by molar-refractivity contribution is 0.257. The molecule has 0 atom stereocenters. The highest BCUT2D eigenvalue weighted by Gasteiger charge is 2.25. The van der Waals surface area contributed by atoms with Gasteiger partial charge in [0.1, 0.15) is 6.07 Å². The normalized spacial score (nSPS) is 14.0. The van der Waals surface area contributed by atoms with Crippen molar-refractivity contribution in [1.82, 2.24) is 0 Å². The largest absolute Gasteiger partial charge is 0.470 e. The van der Waals surface area contributed by atoms with Crippen molar-refractivity contribution in [3.05, 3.63) is 82.3 Å². The summed E-state index contributed by atoms with van der Waals surface area (Å²) in [5, 5.41) is 13.8. The molecule has 120 valence electrons. The predicted octanol–water partition coefficient (Wildman–Crippen LogP) is 5.15. The Hall–Kier alpha value is -2.61. The maximum Gasteiger partial charge on any atom is 0.166 e. The zero-order valence-corrected chi connectivity index (χ0v) is 14.1. The number of nitriles is 1. The van der Waals surface area contributed by atoms with Gasteiger partial charge in [0.2, 0.25) is 0 Å². The van der Waals surface area contributed by atoms with Crippen LogP contribution in [0.3, 0.4) is 0 Å². The number of benzene rings is 2. The van der Waals surface area contributed by atoms with Crippen LogP contribution in [0, 0.1) is 11.3 Å². The highest BCUT2D eigenvalue weighted by atomic mass is 35.5. The van der Waals surface area contributed by atoms with E-state index in [1.54, 1.807) is 35.4 Å². The number of nitrogens with zero attached hydrogens (tertiary/aromatic N) is 2. The van der Waals surface area contributed by atoms with Gasteiger partial charge in [-0.05, 0) is 42.5 Å². The van der Waals surface area contributed by atoms with Gasteiger partial charge in [-0.3, -0.25) is 4.90 Å². The highest BCUT2D eigenvalue weighted by molar-refractivity contribution is 6.33. The fourth-order valence-corrected chi connectivity index (χ4v) is 2.63. The van der Waals surface area contributed by atoms with Gasteiger partial charge in [-0.25, -0.2) is 0 Å². The second-order valence-corrected chi connectivity index (χ2v) is 5.81. The molecular formula is C18H13Cl2N3O. The third kappa shape index (κ3) is 3.48. The molecule has 0 aliphatic carbocycles. The van der Waals surface area contributed by atoms with Crippen LogP contribution in [0.25, 0.3) is 0 Å². The van der Waals surface area contributed by atoms with Crippen molar-refractivity contribution < 1.29 is 4.74 Å². The van der Waals surface area contributed by atoms with Crippen LogP contribution in [-0.2, 0) is 4.74 Å². The van der Waals surface area contributed by atoms with Gasteiger partial charge in [0.15, 0.2) is 18.2 Å². The number of rotatable bonds is 4. The molecule has 0 bridgehead atoms. The Kier molecular flexibility index (Phi) is 4.95. The van der Waals surface area contributed by atoms with Crippen LogP contribution in [0.2, 0.25) is 10.0 Å². The van der Waals surface area contributed by atoms with Crippen molar-refractivity contribution in [2.24, 2.45) is 0 Å². The summed E-state index contributed by atoms with van der Waals surface area (Å²) in [5.41, 5.74) is 2.04. The number of allylic oxidation sites excluding steroid dienone is 2. The Morgan fingerprint density at radius 1 is 1.12 bits per heavy atom. The molecule has 24 heavy (non-hydrogen) atoms. The third-order valence-corrected chi connectivity index (χ3v) is 4.00. The molecule has 6 heteroatoms. The molecule has 0 saturated carbocycles. The van der Waals surface area contributed by atoms with Gasteiger partial charge in [-0.2, -0.15) is 5.26 Å². The van der Waals surface area contributed by atoms with E-state index < -0.39 is 0 Å². The van der Waals surface area contributed by atoms with Crippen LogP contribution in [0.15, 0.2) is 72.3 Å². The number of hydrogen-bond acceptors (Lipinski definition) is 4. The highest BCUT2D eigenvalue weighted by Crippen LogP contribution is 2.32. The van der Waals surface area contributed by atoms with Crippen molar-refractivity contribution in [1.29, 1.82) is 5.26 Å². The molecule has 1 N–H and O–H groups in total. The molecule has 2 aromatic rings. The Morgan fingerprint density at radius 3 is 2.58 bits per heavy atom. The molecule has 0 aromatic heterocycles. The second-order valence-electron chi connectivity index (χ2n) is 4.96. The molecule has 1 aliphatic heterocycles. The first-order valence-corrected chi connectivity index (χ1v) is 7.92. The van der Waals surface area contributed by atoms with Gasteiger partial charge in [-0.1, -0.05) is 35.3 Å². The van der Waals surface area contributed by atoms with E-state index in [9.17, 15) is 5.26 Å². The number of halogens is 2. The van der Waals surface area contributed by atoms with E-state index in [1.807, 2.05) is 30.3 Å².